The van der Waals surface area contributed by atoms with Gasteiger partial charge in [-0.3, -0.25) is 4.79 Å². The third-order valence-corrected chi connectivity index (χ3v) is 4.63. The number of carbonyl (C=O) groups excluding carboxylic acids is 1. The molecule has 1 aromatic rings. The highest BCUT2D eigenvalue weighted by Crippen LogP contribution is 2.19. The molecule has 20 heavy (non-hydrogen) atoms. The van der Waals surface area contributed by atoms with E-state index in [-0.39, 0.29) is 16.8 Å². The van der Waals surface area contributed by atoms with Crippen LogP contribution in [-0.2, 0) is 10.0 Å². The van der Waals surface area contributed by atoms with Crippen molar-refractivity contribution in [3.05, 3.63) is 29.3 Å². The summed E-state index contributed by atoms with van der Waals surface area (Å²) in [7, 11) is -3.79. The van der Waals surface area contributed by atoms with Crippen LogP contribution >= 0.6 is 0 Å². The third-order valence-electron chi connectivity index (χ3n) is 3.72. The zero-order valence-electron chi connectivity index (χ0n) is 11.6. The van der Waals surface area contributed by atoms with Crippen LogP contribution in [0.3, 0.4) is 0 Å². The number of amides is 1. The molecule has 1 aromatic carbocycles. The van der Waals surface area contributed by atoms with Crippen LogP contribution in [0.15, 0.2) is 23.1 Å². The number of carbonyl (C=O) groups is 1. The van der Waals surface area contributed by atoms with Crippen LogP contribution < -0.4 is 10.5 Å². The van der Waals surface area contributed by atoms with Gasteiger partial charge in [0.05, 0.1) is 4.90 Å². The maximum Gasteiger partial charge on any atom is 0.251 e. The number of hydrogen-bond acceptors (Lipinski definition) is 3. The van der Waals surface area contributed by atoms with E-state index < -0.39 is 10.0 Å². The van der Waals surface area contributed by atoms with E-state index in [1.807, 2.05) is 0 Å². The van der Waals surface area contributed by atoms with E-state index in [1.54, 1.807) is 13.0 Å². The molecule has 0 spiro atoms. The van der Waals surface area contributed by atoms with Crippen molar-refractivity contribution in [3.8, 4) is 0 Å². The number of nitrogens with two attached hydrogens (primary N) is 1. The van der Waals surface area contributed by atoms with E-state index in [0.717, 1.165) is 31.2 Å². The molecule has 3 N–H and O–H groups in total. The van der Waals surface area contributed by atoms with Crippen molar-refractivity contribution in [2.75, 3.05) is 0 Å². The lowest BCUT2D eigenvalue weighted by Crippen LogP contribution is -2.36. The predicted molar refractivity (Wildman–Crippen MR) is 76.9 cm³/mol. The summed E-state index contributed by atoms with van der Waals surface area (Å²) in [6.07, 6.45) is 5.44. The molecular weight excluding hydrogens is 276 g/mol. The first-order valence-corrected chi connectivity index (χ1v) is 8.37. The quantitative estimate of drug-likeness (QED) is 0.889. The minimum Gasteiger partial charge on any atom is -0.349 e. The zero-order chi connectivity index (χ0) is 14.8. The standard InChI is InChI=1S/C14H20N2O3S/c1-10-7-8-12(20(15,18)19)9-13(10)14(17)16-11-5-3-2-4-6-11/h7-9,11H,2-6H2,1H3,(H,16,17)(H2,15,18,19). The fourth-order valence-corrected chi connectivity index (χ4v) is 3.07. The molecule has 0 bridgehead atoms. The van der Waals surface area contributed by atoms with Gasteiger partial charge in [0.25, 0.3) is 5.91 Å². The molecule has 0 atom stereocenters. The maximum absolute atomic E-state index is 12.3. The molecule has 1 aliphatic rings. The van der Waals surface area contributed by atoms with Crippen molar-refractivity contribution in [3.63, 3.8) is 0 Å². The number of hydrogen-bond donors (Lipinski definition) is 2. The van der Waals surface area contributed by atoms with Gasteiger partial charge in [0.15, 0.2) is 0 Å². The van der Waals surface area contributed by atoms with Crippen molar-refractivity contribution in [2.24, 2.45) is 5.14 Å². The van der Waals surface area contributed by atoms with Crippen LogP contribution in [0.25, 0.3) is 0 Å². The van der Waals surface area contributed by atoms with Crippen molar-refractivity contribution < 1.29 is 13.2 Å². The molecule has 0 aromatic heterocycles. The van der Waals surface area contributed by atoms with Crippen LogP contribution in [-0.4, -0.2) is 20.4 Å². The van der Waals surface area contributed by atoms with Gasteiger partial charge in [-0.15, -0.1) is 0 Å². The van der Waals surface area contributed by atoms with E-state index in [9.17, 15) is 13.2 Å². The molecule has 0 radical (unpaired) electrons. The second kappa shape index (κ2) is 5.93. The van der Waals surface area contributed by atoms with Crippen LogP contribution in [0.5, 0.6) is 0 Å². The number of rotatable bonds is 3. The van der Waals surface area contributed by atoms with Gasteiger partial charge in [0.1, 0.15) is 0 Å². The Kier molecular flexibility index (Phi) is 4.45. The Morgan fingerprint density at radius 1 is 1.25 bits per heavy atom. The van der Waals surface area contributed by atoms with E-state index in [1.165, 1.54) is 18.6 Å². The molecule has 0 aliphatic heterocycles. The van der Waals surface area contributed by atoms with Crippen LogP contribution in [0.1, 0.15) is 48.0 Å². The average Bonchev–Trinajstić information content (AvgIpc) is 2.39. The highest BCUT2D eigenvalue weighted by atomic mass is 32.2. The first kappa shape index (κ1) is 15.0. The van der Waals surface area contributed by atoms with E-state index in [2.05, 4.69) is 5.32 Å². The number of benzene rings is 1. The molecule has 0 unspecified atom stereocenters. The van der Waals surface area contributed by atoms with Crippen molar-refractivity contribution >= 4 is 15.9 Å². The van der Waals surface area contributed by atoms with Crippen LogP contribution in [0.4, 0.5) is 0 Å². The van der Waals surface area contributed by atoms with E-state index in [0.29, 0.717) is 5.56 Å². The highest BCUT2D eigenvalue weighted by molar-refractivity contribution is 7.89. The number of primary sulfonamides is 1. The third kappa shape index (κ3) is 3.58. The Morgan fingerprint density at radius 2 is 1.90 bits per heavy atom. The van der Waals surface area contributed by atoms with Gasteiger partial charge in [-0.05, 0) is 37.5 Å². The highest BCUT2D eigenvalue weighted by Gasteiger charge is 2.19. The summed E-state index contributed by atoms with van der Waals surface area (Å²) < 4.78 is 22.7. The van der Waals surface area contributed by atoms with Gasteiger partial charge in [0.2, 0.25) is 10.0 Å². The molecule has 1 amide bonds. The van der Waals surface area contributed by atoms with Crippen molar-refractivity contribution in [1.82, 2.24) is 5.32 Å². The van der Waals surface area contributed by atoms with Gasteiger partial charge < -0.3 is 5.32 Å². The lowest BCUT2D eigenvalue weighted by Gasteiger charge is -2.23. The van der Waals surface area contributed by atoms with Gasteiger partial charge >= 0.3 is 0 Å². The monoisotopic (exact) mass is 296 g/mol. The second-order valence-corrected chi connectivity index (χ2v) is 6.89. The second-order valence-electron chi connectivity index (χ2n) is 5.33. The smallest absolute Gasteiger partial charge is 0.251 e. The lowest BCUT2D eigenvalue weighted by atomic mass is 9.95. The molecule has 1 fully saturated rings. The van der Waals surface area contributed by atoms with Crippen molar-refractivity contribution in [2.45, 2.75) is 50.0 Å². The van der Waals surface area contributed by atoms with Gasteiger partial charge in [-0.25, -0.2) is 13.6 Å². The summed E-state index contributed by atoms with van der Waals surface area (Å²) >= 11 is 0. The molecule has 2 rings (SSSR count). The Bertz CT molecular complexity index is 605. The van der Waals surface area contributed by atoms with E-state index in [4.69, 9.17) is 5.14 Å². The minimum atomic E-state index is -3.79. The zero-order valence-corrected chi connectivity index (χ0v) is 12.4. The molecule has 0 heterocycles. The summed E-state index contributed by atoms with van der Waals surface area (Å²) in [6, 6.07) is 4.56. The van der Waals surface area contributed by atoms with Crippen LogP contribution in [0, 0.1) is 6.92 Å². The Morgan fingerprint density at radius 3 is 2.50 bits per heavy atom. The molecule has 5 nitrogen and oxygen atoms in total. The molecule has 110 valence electrons. The lowest BCUT2D eigenvalue weighted by molar-refractivity contribution is 0.0927. The summed E-state index contributed by atoms with van der Waals surface area (Å²) in [5.74, 6) is -0.222. The van der Waals surface area contributed by atoms with E-state index >= 15 is 0 Å². The largest absolute Gasteiger partial charge is 0.349 e. The summed E-state index contributed by atoms with van der Waals surface area (Å²) in [5.41, 5.74) is 1.12. The fraction of sp³-hybridized carbons (Fsp3) is 0.500. The Balaban J connectivity index is 2.20. The first-order chi connectivity index (χ1) is 9.38. The Hall–Kier alpha value is -1.40. The molecule has 1 saturated carbocycles. The molecule has 0 saturated heterocycles. The molecule has 1 aliphatic carbocycles. The summed E-state index contributed by atoms with van der Waals surface area (Å²) in [4.78, 5) is 12.2. The number of nitrogens with one attached hydrogen (secondary N) is 1. The molecule has 6 heteroatoms. The minimum absolute atomic E-state index is 0.0307. The SMILES string of the molecule is Cc1ccc(S(N)(=O)=O)cc1C(=O)NC1CCCCC1. The molecular formula is C14H20N2O3S. The van der Waals surface area contributed by atoms with Crippen molar-refractivity contribution in [1.29, 1.82) is 0 Å². The summed E-state index contributed by atoms with van der Waals surface area (Å²) in [5, 5.41) is 8.08. The number of aryl methyl sites for hydroxylation is 1. The topological polar surface area (TPSA) is 89.3 Å². The maximum atomic E-state index is 12.3. The summed E-state index contributed by atoms with van der Waals surface area (Å²) in [6.45, 7) is 1.78. The van der Waals surface area contributed by atoms with Crippen LogP contribution in [0.2, 0.25) is 0 Å². The number of sulfonamides is 1. The first-order valence-electron chi connectivity index (χ1n) is 6.82. The van der Waals surface area contributed by atoms with Gasteiger partial charge in [0, 0.05) is 11.6 Å². The fourth-order valence-electron chi connectivity index (χ4n) is 2.53. The Labute approximate surface area is 119 Å². The average molecular weight is 296 g/mol. The van der Waals surface area contributed by atoms with Gasteiger partial charge in [-0.2, -0.15) is 0 Å². The predicted octanol–water partition coefficient (Wildman–Crippen LogP) is 1.70. The normalized spacial score (nSPS) is 16.9. The van der Waals surface area contributed by atoms with Gasteiger partial charge in [-0.1, -0.05) is 25.3 Å².